The van der Waals surface area contributed by atoms with E-state index < -0.39 is 10.4 Å². The molecule has 0 radical (unpaired) electrons. The van der Waals surface area contributed by atoms with Gasteiger partial charge in [-0.25, -0.2) is 9.97 Å². The number of hydrogen-bond acceptors (Lipinski definition) is 4. The lowest BCUT2D eigenvalue weighted by atomic mass is 10.1. The Morgan fingerprint density at radius 1 is 0.667 bits per heavy atom. The molecule has 0 aliphatic heterocycles. The van der Waals surface area contributed by atoms with Crippen molar-refractivity contribution in [3.05, 3.63) is 84.4 Å². The van der Waals surface area contributed by atoms with Crippen LogP contribution in [0.2, 0.25) is 0 Å². The van der Waals surface area contributed by atoms with E-state index in [0.717, 1.165) is 0 Å². The minimum atomic E-state index is -5.17. The monoisotopic (exact) mass is 384 g/mol. The predicted molar refractivity (Wildman–Crippen MR) is 101 cm³/mol. The molecule has 0 spiro atoms. The van der Waals surface area contributed by atoms with Gasteiger partial charge in [-0.15, -0.1) is 0 Å². The normalized spacial score (nSPS) is 10.5. The molecular formula is C20H20N2O4S. The van der Waals surface area contributed by atoms with Gasteiger partial charge in [0, 0.05) is 47.2 Å². The molecule has 4 rings (SSSR count). The Hall–Kier alpha value is -2.87. The van der Waals surface area contributed by atoms with Gasteiger partial charge in [0.25, 0.3) is 0 Å². The summed E-state index contributed by atoms with van der Waals surface area (Å²) in [6, 6.07) is 20.9. The molecule has 0 amide bonds. The highest BCUT2D eigenvalue weighted by atomic mass is 32.3. The zero-order valence-electron chi connectivity index (χ0n) is 15.0. The number of rotatable bonds is 0. The minimum Gasteiger partial charge on any atom is -0.759 e. The van der Waals surface area contributed by atoms with Gasteiger partial charge in [-0.3, -0.25) is 8.42 Å². The summed E-state index contributed by atoms with van der Waals surface area (Å²) in [5, 5.41) is 5.19. The SMILES string of the molecule is Cc1[nH+]ccc2ccccc12.Cc1[nH+]ccc2ccccc12.O=S(=O)([O-])[O-]. The largest absolute Gasteiger partial charge is 0.759 e. The summed E-state index contributed by atoms with van der Waals surface area (Å²) < 4.78 is 34.1. The summed E-state index contributed by atoms with van der Waals surface area (Å²) in [7, 11) is -5.17. The third kappa shape index (κ3) is 6.74. The summed E-state index contributed by atoms with van der Waals surface area (Å²) in [5.74, 6) is 0. The average Bonchev–Trinajstić information content (AvgIpc) is 2.62. The minimum absolute atomic E-state index is 1.23. The molecule has 6 nitrogen and oxygen atoms in total. The molecule has 0 saturated heterocycles. The van der Waals surface area contributed by atoms with Crippen LogP contribution in [0.15, 0.2) is 73.1 Å². The maximum absolute atomic E-state index is 8.52. The van der Waals surface area contributed by atoms with Crippen LogP contribution in [-0.4, -0.2) is 17.5 Å². The summed E-state index contributed by atoms with van der Waals surface area (Å²) >= 11 is 0. The van der Waals surface area contributed by atoms with E-state index in [9.17, 15) is 0 Å². The van der Waals surface area contributed by atoms with E-state index in [4.69, 9.17) is 17.5 Å². The van der Waals surface area contributed by atoms with Gasteiger partial charge < -0.3 is 9.11 Å². The quantitative estimate of drug-likeness (QED) is 0.343. The Morgan fingerprint density at radius 3 is 1.33 bits per heavy atom. The summed E-state index contributed by atoms with van der Waals surface area (Å²) in [5.41, 5.74) is 2.45. The zero-order valence-corrected chi connectivity index (χ0v) is 15.8. The van der Waals surface area contributed by atoms with Crippen molar-refractivity contribution in [2.45, 2.75) is 13.8 Å². The molecule has 2 heterocycles. The lowest BCUT2D eigenvalue weighted by molar-refractivity contribution is -0.385. The van der Waals surface area contributed by atoms with Crippen LogP contribution in [0, 0.1) is 13.8 Å². The van der Waals surface area contributed by atoms with Gasteiger partial charge in [0.15, 0.2) is 23.8 Å². The van der Waals surface area contributed by atoms with Crippen LogP contribution < -0.4 is 9.97 Å². The second-order valence-corrected chi connectivity index (χ2v) is 6.60. The van der Waals surface area contributed by atoms with Gasteiger partial charge in [0.2, 0.25) is 0 Å². The van der Waals surface area contributed by atoms with Gasteiger partial charge in [-0.1, -0.05) is 36.4 Å². The molecule has 0 unspecified atom stereocenters. The fourth-order valence-corrected chi connectivity index (χ4v) is 2.64. The topological polar surface area (TPSA) is 109 Å². The maximum atomic E-state index is 8.52. The first kappa shape index (κ1) is 20.4. The second kappa shape index (κ2) is 9.18. The second-order valence-electron chi connectivity index (χ2n) is 5.79. The standard InChI is InChI=1S/2C10H9N.H2O4S/c2*1-8-10-5-3-2-4-9(10)6-7-11-8;1-5(2,3)4/h2*2-7H,1H3;(H2,1,2,3,4). The summed E-state index contributed by atoms with van der Waals surface area (Å²) in [6.07, 6.45) is 3.94. The Morgan fingerprint density at radius 2 is 1.00 bits per heavy atom. The molecule has 2 N–H and O–H groups in total. The van der Waals surface area contributed by atoms with Crippen LogP contribution in [0.5, 0.6) is 0 Å². The smallest absolute Gasteiger partial charge is 0.184 e. The Balaban J connectivity index is 0.000000157. The third-order valence-electron chi connectivity index (χ3n) is 3.86. The van der Waals surface area contributed by atoms with Crippen molar-refractivity contribution in [3.8, 4) is 0 Å². The molecule has 27 heavy (non-hydrogen) atoms. The molecule has 4 aromatic rings. The third-order valence-corrected chi connectivity index (χ3v) is 3.86. The van der Waals surface area contributed by atoms with Crippen LogP contribution in [0.25, 0.3) is 21.5 Å². The van der Waals surface area contributed by atoms with Crippen molar-refractivity contribution in [2.75, 3.05) is 0 Å². The van der Waals surface area contributed by atoms with Gasteiger partial charge in [0.1, 0.15) is 0 Å². The Kier molecular flexibility index (Phi) is 6.95. The molecular weight excluding hydrogens is 364 g/mol. The summed E-state index contributed by atoms with van der Waals surface area (Å²) in [6.45, 7) is 4.17. The number of benzene rings is 2. The number of aromatic nitrogens is 2. The van der Waals surface area contributed by atoms with E-state index in [0.29, 0.717) is 0 Å². The number of fused-ring (bicyclic) bond motifs is 2. The van der Waals surface area contributed by atoms with Gasteiger partial charge in [-0.2, -0.15) is 0 Å². The number of aromatic amines is 2. The summed E-state index contributed by atoms with van der Waals surface area (Å²) in [4.78, 5) is 6.35. The van der Waals surface area contributed by atoms with Crippen molar-refractivity contribution < 1.29 is 27.5 Å². The fraction of sp³-hybridized carbons (Fsp3) is 0.100. The zero-order chi connectivity index (χ0) is 19.9. The van der Waals surface area contributed by atoms with Crippen molar-refractivity contribution in [1.82, 2.24) is 0 Å². The molecule has 0 saturated carbocycles. The van der Waals surface area contributed by atoms with E-state index in [2.05, 4.69) is 84.5 Å². The highest BCUT2D eigenvalue weighted by Gasteiger charge is 1.99. The lowest BCUT2D eigenvalue weighted by Crippen LogP contribution is -2.05. The average molecular weight is 384 g/mol. The first-order valence-corrected chi connectivity index (χ1v) is 9.48. The molecule has 0 bridgehead atoms. The van der Waals surface area contributed by atoms with Crippen molar-refractivity contribution in [1.29, 1.82) is 0 Å². The molecule has 2 aromatic carbocycles. The Labute approximate surface area is 158 Å². The van der Waals surface area contributed by atoms with E-state index in [1.165, 1.54) is 32.9 Å². The number of H-pyrrole nitrogens is 2. The number of aryl methyl sites for hydroxylation is 2. The van der Waals surface area contributed by atoms with E-state index in [1.54, 1.807) is 0 Å². The molecule has 2 aromatic heterocycles. The van der Waals surface area contributed by atoms with Crippen molar-refractivity contribution in [2.24, 2.45) is 0 Å². The molecule has 0 aliphatic rings. The van der Waals surface area contributed by atoms with E-state index >= 15 is 0 Å². The molecule has 140 valence electrons. The number of nitrogens with one attached hydrogen (secondary N) is 2. The van der Waals surface area contributed by atoms with E-state index in [1.807, 2.05) is 12.4 Å². The van der Waals surface area contributed by atoms with Crippen molar-refractivity contribution in [3.63, 3.8) is 0 Å². The maximum Gasteiger partial charge on any atom is 0.184 e. The molecule has 0 atom stereocenters. The van der Waals surface area contributed by atoms with Gasteiger partial charge in [-0.05, 0) is 22.9 Å². The molecule has 0 aliphatic carbocycles. The van der Waals surface area contributed by atoms with Crippen LogP contribution in [0.3, 0.4) is 0 Å². The number of hydrogen-bond donors (Lipinski definition) is 0. The highest BCUT2D eigenvalue weighted by Crippen LogP contribution is 2.13. The predicted octanol–water partition coefficient (Wildman–Crippen LogP) is 2.59. The van der Waals surface area contributed by atoms with Gasteiger partial charge in [0.05, 0.1) is 0 Å². The lowest BCUT2D eigenvalue weighted by Gasteiger charge is -2.06. The first-order chi connectivity index (χ1) is 12.8. The first-order valence-electron chi connectivity index (χ1n) is 8.14. The van der Waals surface area contributed by atoms with Crippen LogP contribution in [0.4, 0.5) is 0 Å². The number of pyridine rings is 2. The van der Waals surface area contributed by atoms with Crippen LogP contribution in [0.1, 0.15) is 11.4 Å². The van der Waals surface area contributed by atoms with Crippen LogP contribution in [-0.2, 0) is 10.4 Å². The molecule has 0 fully saturated rings. The van der Waals surface area contributed by atoms with Crippen LogP contribution >= 0.6 is 0 Å². The highest BCUT2D eigenvalue weighted by molar-refractivity contribution is 7.79. The molecule has 7 heteroatoms. The van der Waals surface area contributed by atoms with Crippen molar-refractivity contribution >= 4 is 31.9 Å². The van der Waals surface area contributed by atoms with Gasteiger partial charge >= 0.3 is 0 Å². The van der Waals surface area contributed by atoms with E-state index in [-0.39, 0.29) is 0 Å². The fourth-order valence-electron chi connectivity index (χ4n) is 2.64. The Bertz CT molecular complexity index is 1050.